The third-order valence-electron chi connectivity index (χ3n) is 4.50. The third kappa shape index (κ3) is 3.88. The van der Waals surface area contributed by atoms with Gasteiger partial charge < -0.3 is 9.84 Å². The molecular weight excluding hydrogens is 310 g/mol. The lowest BCUT2D eigenvalue weighted by atomic mass is 9.89. The zero-order valence-electron chi connectivity index (χ0n) is 13.6. The number of rotatable bonds is 5. The average Bonchev–Trinajstić information content (AvgIpc) is 2.95. The number of benzene rings is 1. The predicted octanol–water partition coefficient (Wildman–Crippen LogP) is 2.64. The summed E-state index contributed by atoms with van der Waals surface area (Å²) < 4.78 is 10.00. The number of hydrogen-bond acceptors (Lipinski definition) is 6. The van der Waals surface area contributed by atoms with Gasteiger partial charge in [-0.1, -0.05) is 22.7 Å². The topological polar surface area (TPSA) is 58.5 Å². The van der Waals surface area contributed by atoms with Gasteiger partial charge >= 0.3 is 0 Å². The number of aryl methyl sites for hydroxylation is 1. The van der Waals surface area contributed by atoms with Crippen molar-refractivity contribution in [1.29, 1.82) is 0 Å². The van der Waals surface area contributed by atoms with Crippen LogP contribution >= 0.6 is 11.5 Å². The Morgan fingerprint density at radius 2 is 2.09 bits per heavy atom. The van der Waals surface area contributed by atoms with Crippen molar-refractivity contribution in [3.05, 3.63) is 40.9 Å². The first kappa shape index (κ1) is 16.4. The molecule has 0 bridgehead atoms. The zero-order chi connectivity index (χ0) is 16.2. The highest BCUT2D eigenvalue weighted by molar-refractivity contribution is 7.05. The molecule has 0 radical (unpaired) electrons. The van der Waals surface area contributed by atoms with E-state index in [0.717, 1.165) is 42.1 Å². The predicted molar refractivity (Wildman–Crippen MR) is 90.6 cm³/mol. The van der Waals surface area contributed by atoms with E-state index in [9.17, 15) is 5.11 Å². The first-order valence-electron chi connectivity index (χ1n) is 8.03. The Hall–Kier alpha value is -1.50. The van der Waals surface area contributed by atoms with E-state index in [1.807, 2.05) is 37.3 Å². The fourth-order valence-corrected chi connectivity index (χ4v) is 3.84. The van der Waals surface area contributed by atoms with E-state index in [1.165, 1.54) is 11.5 Å². The molecule has 2 aromatic rings. The van der Waals surface area contributed by atoms with Gasteiger partial charge in [0.2, 0.25) is 0 Å². The van der Waals surface area contributed by atoms with Crippen molar-refractivity contribution in [1.82, 2.24) is 14.5 Å². The molecule has 1 fully saturated rings. The lowest BCUT2D eigenvalue weighted by Gasteiger charge is -2.39. The number of hydrogen-bond donors (Lipinski definition) is 1. The van der Waals surface area contributed by atoms with Crippen LogP contribution in [0.3, 0.4) is 0 Å². The second kappa shape index (κ2) is 7.38. The zero-order valence-corrected chi connectivity index (χ0v) is 14.4. The molecule has 1 saturated carbocycles. The van der Waals surface area contributed by atoms with Gasteiger partial charge in [-0.15, -0.1) is 5.10 Å². The Morgan fingerprint density at radius 3 is 2.78 bits per heavy atom. The van der Waals surface area contributed by atoms with Crippen molar-refractivity contribution in [2.75, 3.05) is 7.05 Å². The van der Waals surface area contributed by atoms with Crippen LogP contribution in [0.25, 0.3) is 0 Å². The number of aromatic nitrogens is 2. The van der Waals surface area contributed by atoms with Crippen molar-refractivity contribution in [3.8, 4) is 5.75 Å². The molecule has 1 heterocycles. The Labute approximate surface area is 141 Å². The maximum Gasteiger partial charge on any atom is 0.126 e. The van der Waals surface area contributed by atoms with Gasteiger partial charge in [-0.2, -0.15) is 0 Å². The highest BCUT2D eigenvalue weighted by Crippen LogP contribution is 2.28. The standard InChI is InChI=1S/C17H23N3O2S/c1-12-16(23-19-18-12)11-20(2)14-9-6-10-15(17(14)21)22-13-7-4-3-5-8-13/h3-5,7-8,14-15,17,21H,6,9-11H2,1-2H3/t14-,15+,17+/m0/s1. The quantitative estimate of drug-likeness (QED) is 0.911. The Balaban J connectivity index is 1.64. The summed E-state index contributed by atoms with van der Waals surface area (Å²) in [5.74, 6) is 0.822. The van der Waals surface area contributed by atoms with Crippen LogP contribution in [0.15, 0.2) is 30.3 Å². The van der Waals surface area contributed by atoms with Crippen molar-refractivity contribution >= 4 is 11.5 Å². The van der Waals surface area contributed by atoms with Crippen molar-refractivity contribution < 1.29 is 9.84 Å². The number of para-hydroxylation sites is 1. The maximum atomic E-state index is 10.8. The fraction of sp³-hybridized carbons (Fsp3) is 0.529. The van der Waals surface area contributed by atoms with E-state index >= 15 is 0 Å². The fourth-order valence-electron chi connectivity index (χ4n) is 3.14. The highest BCUT2D eigenvalue weighted by Gasteiger charge is 2.35. The molecule has 0 saturated heterocycles. The van der Waals surface area contributed by atoms with Gasteiger partial charge in [-0.3, -0.25) is 4.90 Å². The smallest absolute Gasteiger partial charge is 0.126 e. The van der Waals surface area contributed by atoms with Crippen LogP contribution in [0.1, 0.15) is 29.8 Å². The summed E-state index contributed by atoms with van der Waals surface area (Å²) in [7, 11) is 2.05. The second-order valence-corrected chi connectivity index (χ2v) is 6.99. The normalized spacial score (nSPS) is 24.8. The van der Waals surface area contributed by atoms with Crippen LogP contribution in [0.5, 0.6) is 5.75 Å². The molecule has 1 aromatic heterocycles. The lowest BCUT2D eigenvalue weighted by Crippen LogP contribution is -2.51. The lowest BCUT2D eigenvalue weighted by molar-refractivity contribution is -0.0490. The molecule has 6 heteroatoms. The molecule has 0 aliphatic heterocycles. The Bertz CT molecular complexity index is 619. The van der Waals surface area contributed by atoms with Crippen LogP contribution in [0.2, 0.25) is 0 Å². The van der Waals surface area contributed by atoms with Crippen molar-refractivity contribution in [2.24, 2.45) is 0 Å². The summed E-state index contributed by atoms with van der Waals surface area (Å²) >= 11 is 1.43. The number of ether oxygens (including phenoxy) is 1. The summed E-state index contributed by atoms with van der Waals surface area (Å²) in [6.45, 7) is 2.74. The summed E-state index contributed by atoms with van der Waals surface area (Å²) in [4.78, 5) is 3.36. The van der Waals surface area contributed by atoms with Gasteiger partial charge in [0.05, 0.1) is 10.6 Å². The van der Waals surface area contributed by atoms with Gasteiger partial charge in [0.15, 0.2) is 0 Å². The van der Waals surface area contributed by atoms with E-state index in [-0.39, 0.29) is 12.1 Å². The van der Waals surface area contributed by atoms with E-state index in [4.69, 9.17) is 4.74 Å². The average molecular weight is 333 g/mol. The number of nitrogens with zero attached hydrogens (tertiary/aromatic N) is 3. The molecule has 0 unspecified atom stereocenters. The second-order valence-electron chi connectivity index (χ2n) is 6.15. The molecule has 3 rings (SSSR count). The summed E-state index contributed by atoms with van der Waals surface area (Å²) in [6, 6.07) is 9.84. The molecule has 0 amide bonds. The van der Waals surface area contributed by atoms with Crippen LogP contribution in [0, 0.1) is 6.92 Å². The largest absolute Gasteiger partial charge is 0.488 e. The molecule has 0 spiro atoms. The summed E-state index contributed by atoms with van der Waals surface area (Å²) in [6.07, 6.45) is 2.29. The number of likely N-dealkylation sites (N-methyl/N-ethyl adjacent to an activating group) is 1. The number of aliphatic hydroxyl groups excluding tert-OH is 1. The van der Waals surface area contributed by atoms with Gasteiger partial charge in [-0.05, 0) is 56.9 Å². The van der Waals surface area contributed by atoms with E-state index < -0.39 is 6.10 Å². The maximum absolute atomic E-state index is 10.8. The van der Waals surface area contributed by atoms with Gasteiger partial charge in [0.1, 0.15) is 18.0 Å². The SMILES string of the molecule is Cc1nnsc1CN(C)[C@H]1CCC[C@@H](Oc2ccccc2)[C@@H]1O. The molecule has 1 aromatic carbocycles. The van der Waals surface area contributed by atoms with Gasteiger partial charge in [-0.25, -0.2) is 0 Å². The molecule has 23 heavy (non-hydrogen) atoms. The molecule has 5 nitrogen and oxygen atoms in total. The molecular formula is C17H23N3O2S. The van der Waals surface area contributed by atoms with E-state index in [1.54, 1.807) is 0 Å². The van der Waals surface area contributed by atoms with Crippen LogP contribution in [-0.4, -0.2) is 44.9 Å². The first-order valence-corrected chi connectivity index (χ1v) is 8.80. The number of aliphatic hydroxyl groups is 1. The van der Waals surface area contributed by atoms with E-state index in [2.05, 4.69) is 21.5 Å². The van der Waals surface area contributed by atoms with Gasteiger partial charge in [0.25, 0.3) is 0 Å². The Kier molecular flexibility index (Phi) is 5.25. The van der Waals surface area contributed by atoms with E-state index in [0.29, 0.717) is 0 Å². The monoisotopic (exact) mass is 333 g/mol. The molecule has 124 valence electrons. The van der Waals surface area contributed by atoms with Crippen LogP contribution in [0.4, 0.5) is 0 Å². The van der Waals surface area contributed by atoms with Crippen molar-refractivity contribution in [3.63, 3.8) is 0 Å². The highest BCUT2D eigenvalue weighted by atomic mass is 32.1. The summed E-state index contributed by atoms with van der Waals surface area (Å²) in [5.41, 5.74) is 0.976. The molecule has 1 N–H and O–H groups in total. The minimum absolute atomic E-state index is 0.0963. The molecule has 3 atom stereocenters. The van der Waals surface area contributed by atoms with Crippen LogP contribution < -0.4 is 4.74 Å². The minimum Gasteiger partial charge on any atom is -0.488 e. The Morgan fingerprint density at radius 1 is 1.30 bits per heavy atom. The molecule has 1 aliphatic rings. The van der Waals surface area contributed by atoms with Crippen molar-refractivity contribution in [2.45, 2.75) is 51.0 Å². The summed E-state index contributed by atoms with van der Waals surface area (Å²) in [5, 5.41) is 14.8. The first-order chi connectivity index (χ1) is 11.1. The molecule has 1 aliphatic carbocycles. The van der Waals surface area contributed by atoms with Crippen LogP contribution in [-0.2, 0) is 6.54 Å². The van der Waals surface area contributed by atoms with Gasteiger partial charge in [0, 0.05) is 12.6 Å². The third-order valence-corrected chi connectivity index (χ3v) is 5.31. The minimum atomic E-state index is -0.491.